The molecule has 1 rings (SSSR count). The number of hydrogen-bond acceptors (Lipinski definition) is 5. The smallest absolute Gasteiger partial charge is 0.325 e. The quantitative estimate of drug-likeness (QED) is 0.651. The summed E-state index contributed by atoms with van der Waals surface area (Å²) in [5.74, 6) is 4.97. The summed E-state index contributed by atoms with van der Waals surface area (Å²) in [5.41, 5.74) is 5.99. The van der Waals surface area contributed by atoms with Crippen LogP contribution < -0.4 is 5.73 Å². The number of ether oxygens (including phenoxy) is 1. The van der Waals surface area contributed by atoms with E-state index in [4.69, 9.17) is 5.73 Å². The van der Waals surface area contributed by atoms with Gasteiger partial charge in [-0.2, -0.15) is 0 Å². The fourth-order valence-corrected chi connectivity index (χ4v) is 2.42. The molecule has 5 nitrogen and oxygen atoms in total. The van der Waals surface area contributed by atoms with Gasteiger partial charge in [-0.3, -0.25) is 9.59 Å². The largest absolute Gasteiger partial charge is 0.468 e. The molecule has 1 heterocycles. The Hall–Kier alpha value is -1.84. The van der Waals surface area contributed by atoms with E-state index in [0.717, 1.165) is 6.42 Å². The van der Waals surface area contributed by atoms with Gasteiger partial charge >= 0.3 is 5.97 Å². The highest BCUT2D eigenvalue weighted by atomic mass is 32.1. The summed E-state index contributed by atoms with van der Waals surface area (Å²) >= 11 is 1.31. The number of carbonyl (C=O) groups excluding carboxylic acids is 2. The SMILES string of the molecule is CCCN(CC(=O)OC)C(=O)c1sccc1C#CCN. The molecule has 0 fully saturated rings. The number of nitrogens with two attached hydrogens (primary N) is 1. The lowest BCUT2D eigenvalue weighted by Gasteiger charge is -2.20. The minimum Gasteiger partial charge on any atom is -0.468 e. The number of nitrogens with zero attached hydrogens (tertiary/aromatic N) is 1. The van der Waals surface area contributed by atoms with E-state index in [2.05, 4.69) is 16.6 Å². The monoisotopic (exact) mass is 294 g/mol. The highest BCUT2D eigenvalue weighted by Gasteiger charge is 2.21. The number of esters is 1. The fourth-order valence-electron chi connectivity index (χ4n) is 1.61. The van der Waals surface area contributed by atoms with Crippen molar-refractivity contribution in [1.82, 2.24) is 4.90 Å². The van der Waals surface area contributed by atoms with E-state index in [1.807, 2.05) is 6.92 Å². The van der Waals surface area contributed by atoms with Crippen LogP contribution in [0.25, 0.3) is 0 Å². The van der Waals surface area contributed by atoms with Crippen LogP contribution in [0.15, 0.2) is 11.4 Å². The minimum atomic E-state index is -0.432. The van der Waals surface area contributed by atoms with Crippen molar-refractivity contribution in [2.24, 2.45) is 5.73 Å². The summed E-state index contributed by atoms with van der Waals surface area (Å²) < 4.78 is 4.62. The number of thiophene rings is 1. The molecule has 108 valence electrons. The summed E-state index contributed by atoms with van der Waals surface area (Å²) in [5, 5.41) is 1.80. The predicted octanol–water partition coefficient (Wildman–Crippen LogP) is 1.08. The zero-order valence-corrected chi connectivity index (χ0v) is 12.5. The zero-order valence-electron chi connectivity index (χ0n) is 11.6. The Morgan fingerprint density at radius 1 is 1.50 bits per heavy atom. The van der Waals surface area contributed by atoms with Crippen LogP contribution in [0.2, 0.25) is 0 Å². The molecule has 0 bridgehead atoms. The lowest BCUT2D eigenvalue weighted by atomic mass is 10.2. The van der Waals surface area contributed by atoms with E-state index in [1.54, 1.807) is 11.4 Å². The van der Waals surface area contributed by atoms with Gasteiger partial charge in [-0.25, -0.2) is 0 Å². The molecular formula is C14H18N2O3S. The first kappa shape index (κ1) is 16.2. The maximum atomic E-state index is 12.5. The molecule has 1 aromatic heterocycles. The average Bonchev–Trinajstić information content (AvgIpc) is 2.91. The van der Waals surface area contributed by atoms with E-state index >= 15 is 0 Å². The van der Waals surface area contributed by atoms with Gasteiger partial charge in [-0.15, -0.1) is 11.3 Å². The summed E-state index contributed by atoms with van der Waals surface area (Å²) in [6, 6.07) is 1.78. The van der Waals surface area contributed by atoms with Crippen LogP contribution in [0.3, 0.4) is 0 Å². The van der Waals surface area contributed by atoms with Gasteiger partial charge < -0.3 is 15.4 Å². The number of hydrogen-bond donors (Lipinski definition) is 1. The van der Waals surface area contributed by atoms with Crippen molar-refractivity contribution < 1.29 is 14.3 Å². The summed E-state index contributed by atoms with van der Waals surface area (Å²) in [6.45, 7) is 2.63. The van der Waals surface area contributed by atoms with Crippen molar-refractivity contribution in [1.29, 1.82) is 0 Å². The summed E-state index contributed by atoms with van der Waals surface area (Å²) in [4.78, 5) is 25.8. The fraction of sp³-hybridized carbons (Fsp3) is 0.429. The van der Waals surface area contributed by atoms with Gasteiger partial charge in [0.1, 0.15) is 11.4 Å². The van der Waals surface area contributed by atoms with Gasteiger partial charge in [0.25, 0.3) is 5.91 Å². The van der Waals surface area contributed by atoms with Gasteiger partial charge in [0.15, 0.2) is 0 Å². The Balaban J connectivity index is 2.94. The molecule has 0 spiro atoms. The van der Waals surface area contributed by atoms with Gasteiger partial charge in [0.2, 0.25) is 0 Å². The molecule has 0 unspecified atom stereocenters. The maximum Gasteiger partial charge on any atom is 0.325 e. The van der Waals surface area contributed by atoms with Crippen molar-refractivity contribution in [3.63, 3.8) is 0 Å². The Bertz CT molecular complexity index is 528. The van der Waals surface area contributed by atoms with Crippen LogP contribution in [-0.2, 0) is 9.53 Å². The van der Waals surface area contributed by atoms with Crippen LogP contribution in [0.5, 0.6) is 0 Å². The molecule has 0 saturated heterocycles. The van der Waals surface area contributed by atoms with Crippen LogP contribution in [0.1, 0.15) is 28.6 Å². The lowest BCUT2D eigenvalue weighted by Crippen LogP contribution is -2.36. The van der Waals surface area contributed by atoms with E-state index < -0.39 is 5.97 Å². The number of rotatable bonds is 5. The van der Waals surface area contributed by atoms with E-state index in [-0.39, 0.29) is 19.0 Å². The molecule has 0 aliphatic carbocycles. The molecule has 20 heavy (non-hydrogen) atoms. The third-order valence-corrected chi connectivity index (χ3v) is 3.42. The zero-order chi connectivity index (χ0) is 15.0. The van der Waals surface area contributed by atoms with Crippen LogP contribution in [0, 0.1) is 11.8 Å². The third-order valence-electron chi connectivity index (χ3n) is 2.51. The predicted molar refractivity (Wildman–Crippen MR) is 78.5 cm³/mol. The van der Waals surface area contributed by atoms with Gasteiger partial charge in [0.05, 0.1) is 13.7 Å². The molecule has 0 radical (unpaired) electrons. The van der Waals surface area contributed by atoms with E-state index in [1.165, 1.54) is 23.3 Å². The topological polar surface area (TPSA) is 72.6 Å². The second kappa shape index (κ2) is 8.35. The minimum absolute atomic E-state index is 0.0508. The van der Waals surface area contributed by atoms with Crippen molar-refractivity contribution >= 4 is 23.2 Å². The van der Waals surface area contributed by atoms with E-state index in [0.29, 0.717) is 17.0 Å². The lowest BCUT2D eigenvalue weighted by molar-refractivity contribution is -0.141. The average molecular weight is 294 g/mol. The molecule has 0 atom stereocenters. The van der Waals surface area contributed by atoms with Crippen molar-refractivity contribution in [2.45, 2.75) is 13.3 Å². The molecule has 2 N–H and O–H groups in total. The molecule has 0 aliphatic rings. The van der Waals surface area contributed by atoms with Gasteiger partial charge in [-0.1, -0.05) is 18.8 Å². The molecule has 0 aliphatic heterocycles. The number of carbonyl (C=O) groups is 2. The first-order chi connectivity index (χ1) is 9.63. The third kappa shape index (κ3) is 4.37. The Morgan fingerprint density at radius 2 is 2.25 bits per heavy atom. The Kier molecular flexibility index (Phi) is 6.77. The molecule has 1 amide bonds. The summed E-state index contributed by atoms with van der Waals surface area (Å²) in [6.07, 6.45) is 0.762. The van der Waals surface area contributed by atoms with E-state index in [9.17, 15) is 9.59 Å². The number of amides is 1. The van der Waals surface area contributed by atoms with Crippen molar-refractivity contribution in [2.75, 3.05) is 26.7 Å². The molecule has 6 heteroatoms. The Labute approximate surface area is 122 Å². The molecule has 0 aromatic carbocycles. The Morgan fingerprint density at radius 3 is 2.85 bits per heavy atom. The van der Waals surface area contributed by atoms with Crippen LogP contribution in [-0.4, -0.2) is 43.5 Å². The second-order valence-electron chi connectivity index (χ2n) is 3.97. The number of methoxy groups -OCH3 is 1. The van der Waals surface area contributed by atoms with Crippen LogP contribution in [0.4, 0.5) is 0 Å². The van der Waals surface area contributed by atoms with Gasteiger partial charge in [0, 0.05) is 12.1 Å². The maximum absolute atomic E-state index is 12.5. The summed E-state index contributed by atoms with van der Waals surface area (Å²) in [7, 11) is 1.31. The highest BCUT2D eigenvalue weighted by Crippen LogP contribution is 2.18. The van der Waals surface area contributed by atoms with Crippen molar-refractivity contribution in [3.05, 3.63) is 21.9 Å². The first-order valence-corrected chi connectivity index (χ1v) is 7.14. The molecule has 0 saturated carbocycles. The second-order valence-corrected chi connectivity index (χ2v) is 4.89. The normalized spacial score (nSPS) is 9.55. The molecule has 1 aromatic rings. The van der Waals surface area contributed by atoms with Crippen LogP contribution >= 0.6 is 11.3 Å². The molecular weight excluding hydrogens is 276 g/mol. The standard InChI is InChI=1S/C14H18N2O3S/c1-3-8-16(10-12(17)19-2)14(18)13-11(5-4-7-15)6-9-20-13/h6,9H,3,7-8,10,15H2,1-2H3. The first-order valence-electron chi connectivity index (χ1n) is 6.26. The van der Waals surface area contributed by atoms with Crippen molar-refractivity contribution in [3.8, 4) is 11.8 Å². The van der Waals surface area contributed by atoms with Gasteiger partial charge in [-0.05, 0) is 17.9 Å². The highest BCUT2D eigenvalue weighted by molar-refractivity contribution is 7.12.